The molecule has 0 unspecified atom stereocenters. The highest BCUT2D eigenvalue weighted by molar-refractivity contribution is 7.16. The molecule has 1 aliphatic heterocycles. The summed E-state index contributed by atoms with van der Waals surface area (Å²) >= 11 is 1.25. The Hall–Kier alpha value is -4.11. The number of nitrogens with one attached hydrogen (secondary N) is 2. The molecule has 2 heterocycles. The lowest BCUT2D eigenvalue weighted by Gasteiger charge is -2.37. The summed E-state index contributed by atoms with van der Waals surface area (Å²) in [7, 11) is 5.50. The van der Waals surface area contributed by atoms with Crippen molar-refractivity contribution in [2.75, 3.05) is 39.1 Å². The Balaban J connectivity index is 1.86. The first kappa shape index (κ1) is 28.5. The number of benzene rings is 1. The summed E-state index contributed by atoms with van der Waals surface area (Å²) in [6, 6.07) is 8.11. The first-order chi connectivity index (χ1) is 18.2. The van der Waals surface area contributed by atoms with Crippen LogP contribution >= 0.6 is 11.3 Å². The van der Waals surface area contributed by atoms with Crippen molar-refractivity contribution in [3.63, 3.8) is 0 Å². The number of carboxylic acids is 1. The van der Waals surface area contributed by atoms with Gasteiger partial charge >= 0.3 is 5.97 Å². The van der Waals surface area contributed by atoms with Crippen LogP contribution in [0.3, 0.4) is 0 Å². The van der Waals surface area contributed by atoms with E-state index in [0.717, 1.165) is 11.5 Å². The third-order valence-electron chi connectivity index (χ3n) is 6.27. The maximum atomic E-state index is 13.4. The molecule has 1 aromatic heterocycles. The molecular weight excluding hydrogens is 507 g/mol. The van der Waals surface area contributed by atoms with Gasteiger partial charge in [-0.15, -0.1) is 0 Å². The van der Waals surface area contributed by atoms with Crippen molar-refractivity contribution in [1.29, 1.82) is 5.26 Å². The number of carboxylic acid groups (broad SMARTS) is 1. The minimum absolute atomic E-state index is 0.346. The zero-order valence-corrected chi connectivity index (χ0v) is 22.8. The highest BCUT2D eigenvalue weighted by Crippen LogP contribution is 2.33. The lowest BCUT2D eigenvalue weighted by molar-refractivity contribution is -0.143. The molecule has 3 N–H and O–H groups in total. The van der Waals surface area contributed by atoms with Gasteiger partial charge in [0, 0.05) is 46.0 Å². The number of halogens is 1. The van der Waals surface area contributed by atoms with Gasteiger partial charge in [-0.2, -0.15) is 5.26 Å². The van der Waals surface area contributed by atoms with Gasteiger partial charge in [0.25, 0.3) is 0 Å². The fourth-order valence-corrected chi connectivity index (χ4v) is 5.14. The molecule has 3 rings (SSSR count). The lowest BCUT2D eigenvalue weighted by Crippen LogP contribution is -2.52. The van der Waals surface area contributed by atoms with Gasteiger partial charge in [0.2, 0.25) is 5.96 Å². The van der Waals surface area contributed by atoms with E-state index in [4.69, 9.17) is 4.98 Å². The van der Waals surface area contributed by atoms with Gasteiger partial charge in [0.1, 0.15) is 28.3 Å². The summed E-state index contributed by atoms with van der Waals surface area (Å²) in [6.07, 6.45) is 3.19. The average molecular weight is 541 g/mol. The number of aliphatic carboxylic acids is 1. The molecule has 10 nitrogen and oxygen atoms in total. The first-order valence-electron chi connectivity index (χ1n) is 12.2. The molecule has 2 aromatic rings. The largest absolute Gasteiger partial charge is 0.481 e. The van der Waals surface area contributed by atoms with E-state index in [1.54, 1.807) is 24.2 Å². The highest BCUT2D eigenvalue weighted by atomic mass is 32.1. The number of guanidine groups is 1. The molecule has 0 amide bonds. The maximum Gasteiger partial charge on any atom is 0.306 e. The van der Waals surface area contributed by atoms with E-state index in [2.05, 4.69) is 28.4 Å². The number of hydrogen-bond acceptors (Lipinski definition) is 8. The normalized spacial score (nSPS) is 14.8. The van der Waals surface area contributed by atoms with Crippen LogP contribution in [0.4, 0.5) is 9.52 Å². The van der Waals surface area contributed by atoms with E-state index >= 15 is 0 Å². The minimum Gasteiger partial charge on any atom is -0.481 e. The van der Waals surface area contributed by atoms with Crippen LogP contribution in [0.5, 0.6) is 0 Å². The van der Waals surface area contributed by atoms with Crippen molar-refractivity contribution in [3.8, 4) is 17.3 Å². The second-order valence-corrected chi connectivity index (χ2v) is 9.64. The van der Waals surface area contributed by atoms with Gasteiger partial charge in [-0.3, -0.25) is 15.2 Å². The van der Waals surface area contributed by atoms with E-state index in [1.807, 2.05) is 30.8 Å². The fraction of sp³-hybridized carbons (Fsp3) is 0.385. The number of allylic oxidation sites excluding steroid dienone is 1. The second kappa shape index (κ2) is 12.9. The van der Waals surface area contributed by atoms with Crippen molar-refractivity contribution in [1.82, 2.24) is 25.6 Å². The van der Waals surface area contributed by atoms with Crippen LogP contribution in [-0.4, -0.2) is 66.2 Å². The zero-order chi connectivity index (χ0) is 27.8. The highest BCUT2D eigenvalue weighted by Gasteiger charge is 2.28. The van der Waals surface area contributed by atoms with Gasteiger partial charge in [-0.25, -0.2) is 14.4 Å². The standard InChI is InChI=1S/C26H33FN8O2S/c1-6-20(32-34(5)25(30-7-2)35-14-12-18(13-15-35)24(36)37)23(29-3)33(4)26-31-22(21(16-28)38-26)17-8-10-19(27)11-9-17/h7-11,18,29,32H,2,6,12-15H2,1,3-5H3,(H,36,37)/b23-20+,30-25?. The second-order valence-electron chi connectivity index (χ2n) is 8.66. The molecule has 0 spiro atoms. The summed E-state index contributed by atoms with van der Waals surface area (Å²) in [5.74, 6) is -0.0889. The number of likely N-dealkylation sites (tertiary alicyclic amines) is 1. The molecule has 1 aliphatic rings. The number of nitriles is 1. The number of thiazole rings is 1. The molecule has 202 valence electrons. The Morgan fingerprint density at radius 3 is 2.55 bits per heavy atom. The van der Waals surface area contributed by atoms with E-state index in [-0.39, 0.29) is 11.7 Å². The minimum atomic E-state index is -0.763. The Kier molecular flexibility index (Phi) is 9.67. The SMILES string of the molecule is C=CN=C(N1CCC(C(=O)O)CC1)N(C)N/C(CC)=C(\NC)N(C)c1nc(-c2ccc(F)cc2)c(C#N)s1. The summed E-state index contributed by atoms with van der Waals surface area (Å²) in [4.78, 5) is 24.8. The monoisotopic (exact) mass is 540 g/mol. The number of aliphatic imine (C=N–C) groups is 1. The number of nitrogens with zero attached hydrogens (tertiary/aromatic N) is 6. The Labute approximate surface area is 226 Å². The number of anilines is 1. The zero-order valence-electron chi connectivity index (χ0n) is 22.0. The summed E-state index contributed by atoms with van der Waals surface area (Å²) in [5.41, 5.74) is 5.41. The van der Waals surface area contributed by atoms with Crippen LogP contribution in [0, 0.1) is 23.1 Å². The van der Waals surface area contributed by atoms with Crippen LogP contribution in [0.2, 0.25) is 0 Å². The number of piperidine rings is 1. The quantitative estimate of drug-likeness (QED) is 0.248. The predicted molar refractivity (Wildman–Crippen MR) is 147 cm³/mol. The Bertz CT molecular complexity index is 1240. The summed E-state index contributed by atoms with van der Waals surface area (Å²) < 4.78 is 13.4. The molecule has 1 aromatic carbocycles. The van der Waals surface area contributed by atoms with Crippen molar-refractivity contribution in [3.05, 3.63) is 59.3 Å². The van der Waals surface area contributed by atoms with E-state index in [0.29, 0.717) is 59.6 Å². The molecule has 1 saturated heterocycles. The first-order valence-corrected chi connectivity index (χ1v) is 13.0. The van der Waals surface area contributed by atoms with Crippen LogP contribution in [0.25, 0.3) is 11.3 Å². The molecule has 0 bridgehead atoms. The summed E-state index contributed by atoms with van der Waals surface area (Å²) in [6.45, 7) is 6.89. The molecule has 12 heteroatoms. The third-order valence-corrected chi connectivity index (χ3v) is 7.31. The van der Waals surface area contributed by atoms with E-state index in [9.17, 15) is 19.6 Å². The molecule has 0 atom stereocenters. The molecule has 0 radical (unpaired) electrons. The number of carbonyl (C=O) groups is 1. The molecular formula is C26H33FN8O2S. The maximum absolute atomic E-state index is 13.4. The van der Waals surface area contributed by atoms with E-state index < -0.39 is 5.97 Å². The van der Waals surface area contributed by atoms with Crippen molar-refractivity contribution in [2.24, 2.45) is 10.9 Å². The van der Waals surface area contributed by atoms with E-state index in [1.165, 1.54) is 29.7 Å². The van der Waals surface area contributed by atoms with Crippen molar-refractivity contribution >= 4 is 28.4 Å². The number of aromatic nitrogens is 1. The topological polar surface area (TPSA) is 120 Å². The average Bonchev–Trinajstić information content (AvgIpc) is 3.36. The van der Waals surface area contributed by atoms with Crippen LogP contribution in [0.15, 0.2) is 53.6 Å². The molecule has 0 aliphatic carbocycles. The van der Waals surface area contributed by atoms with Crippen LogP contribution in [-0.2, 0) is 4.79 Å². The smallest absolute Gasteiger partial charge is 0.306 e. The Morgan fingerprint density at radius 2 is 2.03 bits per heavy atom. The molecule has 38 heavy (non-hydrogen) atoms. The fourth-order valence-electron chi connectivity index (χ4n) is 4.29. The van der Waals surface area contributed by atoms with Gasteiger partial charge in [-0.1, -0.05) is 24.8 Å². The Morgan fingerprint density at radius 1 is 1.37 bits per heavy atom. The number of rotatable bonds is 9. The van der Waals surface area contributed by atoms with Crippen LogP contribution in [0.1, 0.15) is 31.1 Å². The van der Waals surface area contributed by atoms with Gasteiger partial charge in [0.15, 0.2) is 5.13 Å². The van der Waals surface area contributed by atoms with Gasteiger partial charge in [-0.05, 0) is 43.5 Å². The number of hydrogen-bond donors (Lipinski definition) is 3. The van der Waals surface area contributed by atoms with Crippen molar-refractivity contribution in [2.45, 2.75) is 26.2 Å². The lowest BCUT2D eigenvalue weighted by atomic mass is 9.97. The predicted octanol–water partition coefficient (Wildman–Crippen LogP) is 3.79. The molecule has 0 saturated carbocycles. The molecule has 1 fully saturated rings. The van der Waals surface area contributed by atoms with Gasteiger partial charge in [0.05, 0.1) is 11.6 Å². The van der Waals surface area contributed by atoms with Crippen molar-refractivity contribution < 1.29 is 14.3 Å². The summed E-state index contributed by atoms with van der Waals surface area (Å²) in [5, 5.41) is 24.6. The third kappa shape index (κ3) is 6.41. The number of hydrazine groups is 1. The van der Waals surface area contributed by atoms with Gasteiger partial charge < -0.3 is 20.2 Å². The van der Waals surface area contributed by atoms with Crippen LogP contribution < -0.4 is 15.6 Å².